The van der Waals surface area contributed by atoms with E-state index in [0.717, 1.165) is 45.3 Å². The van der Waals surface area contributed by atoms with Gasteiger partial charge < -0.3 is 15.1 Å². The molecule has 0 spiro atoms. The third kappa shape index (κ3) is 29.9. The Hall–Kier alpha value is 2.16. The van der Waals surface area contributed by atoms with Gasteiger partial charge in [-0.2, -0.15) is 0 Å². The summed E-state index contributed by atoms with van der Waals surface area (Å²) >= 11 is 18.9. The molecule has 0 fully saturated rings. The van der Waals surface area contributed by atoms with Gasteiger partial charge in [-0.15, -0.1) is 0 Å². The summed E-state index contributed by atoms with van der Waals surface area (Å²) in [6, 6.07) is 47.1. The Balaban J connectivity index is 0.000000227. The molecule has 1 unspecified atom stereocenters. The van der Waals surface area contributed by atoms with Crippen LogP contribution in [0.15, 0.2) is 146 Å². The maximum Gasteiger partial charge on any atom is 0.254 e. The van der Waals surface area contributed by atoms with Crippen LogP contribution in [0.4, 0.5) is 0 Å². The highest BCUT2D eigenvalue weighted by Gasteiger charge is 2.38. The fraction of sp³-hybridized carbons (Fsp3) is 0.128. The number of carbonyl (C=O) groups excluding carboxylic acids is 1. The van der Waals surface area contributed by atoms with Crippen molar-refractivity contribution in [3.63, 3.8) is 0 Å². The summed E-state index contributed by atoms with van der Waals surface area (Å²) < 4.78 is 0. The van der Waals surface area contributed by atoms with E-state index in [-0.39, 0.29) is 31.2 Å². The molecule has 0 saturated carbocycles. The molecule has 1 amide bonds. The molecule has 5 aromatic carbocycles. The van der Waals surface area contributed by atoms with E-state index in [0.29, 0.717) is 5.56 Å². The summed E-state index contributed by atoms with van der Waals surface area (Å²) in [6.07, 6.45) is 0.745. The second kappa shape index (κ2) is 48.3. The first-order chi connectivity index (χ1) is 38.0. The summed E-state index contributed by atoms with van der Waals surface area (Å²) in [4.78, 5) is 19.8. The third-order valence-electron chi connectivity index (χ3n) is 8.90. The van der Waals surface area contributed by atoms with E-state index in [1.54, 1.807) is 222 Å². The fourth-order valence-electron chi connectivity index (χ4n) is 6.30. The van der Waals surface area contributed by atoms with E-state index >= 15 is 0 Å². The highest BCUT2D eigenvalue weighted by Crippen LogP contribution is 2.41. The lowest BCUT2D eigenvalue weighted by Gasteiger charge is -2.43. The lowest BCUT2D eigenvalue weighted by atomic mass is 9.85. The second-order valence-electron chi connectivity index (χ2n) is 12.8. The lowest BCUT2D eigenvalue weighted by Crippen LogP contribution is -2.43. The Labute approximate surface area is 550 Å². The second-order valence-corrected chi connectivity index (χ2v) is 64.1. The van der Waals surface area contributed by atoms with E-state index < -0.39 is 0 Å². The lowest BCUT2D eigenvalue weighted by molar-refractivity contribution is 0.0410. The standard InChI is InChI=1S/C23H21NO2.C16H13NO.S17.S16/c25-16-22-20-14-8-7-13-19(20)15-21(17-9-3-1-4-10-17)24(22)23(26)18-11-5-2-6-12-18;18-11-16-14-9-5-4-8-13(14)10-15(17-16)12-6-2-1-3-7-12;1-3-5-7-9-11-13-15-17-16-14-12-10-8-6-4-2;1-3-5-7-9-11-13-15-16-14-12-10-8-6-4-2/h1-14,21-22,25H,15-16H2;1-10,18H,11H2;;/t21-,22?;;;/m0.../s1. The summed E-state index contributed by atoms with van der Waals surface area (Å²) in [5.41, 5.74) is 6.66. The van der Waals surface area contributed by atoms with Gasteiger partial charge >= 0.3 is 0 Å². The summed E-state index contributed by atoms with van der Waals surface area (Å²) in [5.74, 6) is -0.0481. The Bertz CT molecular complexity index is 4230. The van der Waals surface area contributed by atoms with E-state index in [1.807, 2.05) is 126 Å². The van der Waals surface area contributed by atoms with E-state index in [9.17, 15) is 15.0 Å². The van der Waals surface area contributed by atoms with Gasteiger partial charge in [0.2, 0.25) is 0 Å². The average Bonchev–Trinajstić information content (AvgIpc) is 3.50. The minimum absolute atomic E-state index is 0.0405. The summed E-state index contributed by atoms with van der Waals surface area (Å²) in [5, 5.41) is 21.7. The van der Waals surface area contributed by atoms with Crippen molar-refractivity contribution in [3.05, 3.63) is 174 Å². The fourth-order valence-corrected chi connectivity index (χ4v) is 74.9. The van der Waals surface area contributed by atoms with Crippen LogP contribution < -0.4 is 0 Å². The van der Waals surface area contributed by atoms with Gasteiger partial charge in [-0.05, 0) is 46.7 Å². The molecule has 416 valence electrons. The largest absolute Gasteiger partial charge is 0.394 e. The van der Waals surface area contributed by atoms with Crippen molar-refractivity contribution in [2.45, 2.75) is 25.1 Å². The van der Waals surface area contributed by atoms with E-state index in [1.165, 1.54) is 41.1 Å². The number of nitrogens with zero attached hydrogens (tertiary/aromatic N) is 2. The van der Waals surface area contributed by atoms with Crippen LogP contribution in [-0.2, 0) is 315 Å². The van der Waals surface area contributed by atoms with Gasteiger partial charge in [-0.3, -0.25) is 4.79 Å². The number of hydrogen-bond donors (Lipinski definition) is 2. The monoisotopic (exact) mass is 1630 g/mol. The van der Waals surface area contributed by atoms with Crippen LogP contribution >= 0.6 is 0 Å². The zero-order valence-electron chi connectivity index (χ0n) is 37.8. The van der Waals surface area contributed by atoms with E-state index in [4.69, 9.17) is 44.8 Å². The molecule has 77 heavy (non-hydrogen) atoms. The minimum Gasteiger partial charge on any atom is -0.394 e. The van der Waals surface area contributed by atoms with Crippen LogP contribution in [0.25, 0.3) is 22.0 Å². The molecule has 7 rings (SSSR count). The van der Waals surface area contributed by atoms with Crippen molar-refractivity contribution >= 4 is 319 Å². The first-order valence-electron chi connectivity index (χ1n) is 20.0. The number of rotatable bonds is 5. The van der Waals surface area contributed by atoms with Gasteiger partial charge in [-0.25, -0.2) is 4.98 Å². The number of fused-ring (bicyclic) bond motifs is 2. The van der Waals surface area contributed by atoms with Gasteiger partial charge in [-0.1, -0.05) is 127 Å². The third-order valence-corrected chi connectivity index (χ3v) is 68.9. The molecular formula is C39H34N2O3S33. The van der Waals surface area contributed by atoms with Crippen LogP contribution in [0.5, 0.6) is 0 Å². The van der Waals surface area contributed by atoms with Crippen molar-refractivity contribution in [3.8, 4) is 11.3 Å². The molecule has 1 aromatic heterocycles. The van der Waals surface area contributed by atoms with Crippen molar-refractivity contribution in [1.29, 1.82) is 0 Å². The van der Waals surface area contributed by atoms with Gasteiger partial charge in [0, 0.05) is 319 Å². The Kier molecular flexibility index (Phi) is 44.9. The predicted octanol–water partition coefficient (Wildman–Crippen LogP) is 7.47. The number of benzene rings is 5. The number of aliphatic hydroxyl groups is 2. The Morgan fingerprint density at radius 2 is 0.870 bits per heavy atom. The van der Waals surface area contributed by atoms with Gasteiger partial charge in [0.1, 0.15) is 0 Å². The molecule has 2 atom stereocenters. The highest BCUT2D eigenvalue weighted by molar-refractivity contribution is 8.78. The van der Waals surface area contributed by atoms with Crippen molar-refractivity contribution < 1.29 is 15.0 Å². The van der Waals surface area contributed by atoms with Crippen molar-refractivity contribution in [1.82, 2.24) is 9.88 Å². The molecule has 6 aromatic rings. The van der Waals surface area contributed by atoms with Crippen LogP contribution in [0.1, 0.15) is 44.8 Å². The molecule has 0 aliphatic carbocycles. The topological polar surface area (TPSA) is 73.7 Å². The molecule has 38 heteroatoms. The van der Waals surface area contributed by atoms with Gasteiger partial charge in [0.25, 0.3) is 5.91 Å². The number of hydrogen-bond acceptors (Lipinski definition) is 8. The van der Waals surface area contributed by atoms with Gasteiger partial charge in [0.15, 0.2) is 0 Å². The number of aromatic nitrogens is 1. The highest BCUT2D eigenvalue weighted by atomic mass is 33.5. The first kappa shape index (κ1) is 71.6. The molecule has 0 saturated heterocycles. The molecule has 0 bridgehead atoms. The van der Waals surface area contributed by atoms with Gasteiger partial charge in [0.05, 0.1) is 36.7 Å². The zero-order valence-corrected chi connectivity index (χ0v) is 64.7. The van der Waals surface area contributed by atoms with Crippen LogP contribution in [0, 0.1) is 0 Å². The molecule has 1 aliphatic rings. The SMILES string of the molecule is O=C(c1ccccc1)N1C(CO)c2ccccc2C[C@H]1c1ccccc1.OCc1nc(-c2ccccc2)cc2ccccc12.S=S=S=S=S=S=S=S=S=S=S=S=S=S=S=S.S=S=S=S=S=S=S=S=S=S=S=S=S=S=S=S=S. The summed E-state index contributed by atoms with van der Waals surface area (Å²) in [6.45, 7) is -0.139. The molecule has 1 aliphatic heterocycles. The molecular weight excluding hydrogens is 1600 g/mol. The Morgan fingerprint density at radius 1 is 0.481 bits per heavy atom. The number of pyridine rings is 1. The summed E-state index contributed by atoms with van der Waals surface area (Å²) in [7, 11) is 48.9. The predicted molar refractivity (Wildman–Crippen MR) is 418 cm³/mol. The average molecular weight is 1640 g/mol. The minimum atomic E-state index is -0.349. The number of carbonyl (C=O) groups is 1. The molecule has 2 heterocycles. The molecule has 0 radical (unpaired) electrons. The smallest absolute Gasteiger partial charge is 0.254 e. The number of aliphatic hydroxyl groups excluding tert-OH is 2. The molecule has 2 N–H and O–H groups in total. The number of amides is 1. The maximum absolute atomic E-state index is 13.4. The first-order valence-corrected chi connectivity index (χ1v) is 61.3. The van der Waals surface area contributed by atoms with E-state index in [2.05, 4.69) is 29.2 Å². The van der Waals surface area contributed by atoms with Crippen LogP contribution in [0.2, 0.25) is 0 Å². The Morgan fingerprint density at radius 3 is 1.31 bits per heavy atom. The maximum atomic E-state index is 13.4. The van der Waals surface area contributed by atoms with Crippen LogP contribution in [0.3, 0.4) is 0 Å². The normalized spacial score (nSPS) is 12.1. The van der Waals surface area contributed by atoms with Crippen LogP contribution in [-0.4, -0.2) is 32.6 Å². The van der Waals surface area contributed by atoms with Crippen molar-refractivity contribution in [2.75, 3.05) is 6.61 Å². The molecule has 5 nitrogen and oxygen atoms in total. The quantitative estimate of drug-likeness (QED) is 0.185. The van der Waals surface area contributed by atoms with Crippen molar-refractivity contribution in [2.24, 2.45) is 0 Å². The zero-order chi connectivity index (χ0) is 54.8.